The summed E-state index contributed by atoms with van der Waals surface area (Å²) >= 11 is 0. The molecule has 8 heteroatoms. The van der Waals surface area contributed by atoms with E-state index in [2.05, 4.69) is 20.7 Å². The molecule has 1 fully saturated rings. The number of aryl methyl sites for hydroxylation is 1. The van der Waals surface area contributed by atoms with Crippen molar-refractivity contribution in [2.45, 2.75) is 58.2 Å². The van der Waals surface area contributed by atoms with E-state index >= 15 is 0 Å². The van der Waals surface area contributed by atoms with Crippen LogP contribution in [0.2, 0.25) is 0 Å². The van der Waals surface area contributed by atoms with Crippen molar-refractivity contribution in [1.82, 2.24) is 15.4 Å². The molecule has 0 radical (unpaired) electrons. The Balaban J connectivity index is 1.71. The lowest BCUT2D eigenvalue weighted by Gasteiger charge is -2.24. The lowest BCUT2D eigenvalue weighted by molar-refractivity contribution is -0.120. The van der Waals surface area contributed by atoms with E-state index in [0.29, 0.717) is 24.7 Å². The number of hydrogen-bond acceptors (Lipinski definition) is 6. The van der Waals surface area contributed by atoms with Crippen LogP contribution in [-0.4, -0.2) is 52.8 Å². The molecule has 1 aliphatic heterocycles. The maximum Gasteiger partial charge on any atom is 0.407 e. The average molecular weight is 415 g/mol. The molecule has 0 saturated carbocycles. The first kappa shape index (κ1) is 21.8. The molecule has 30 heavy (non-hydrogen) atoms. The van der Waals surface area contributed by atoms with Crippen molar-refractivity contribution < 1.29 is 18.8 Å². The van der Waals surface area contributed by atoms with Gasteiger partial charge in [0.05, 0.1) is 17.8 Å². The Morgan fingerprint density at radius 3 is 2.53 bits per heavy atom. The minimum atomic E-state index is -0.576. The van der Waals surface area contributed by atoms with Crippen molar-refractivity contribution in [3.05, 3.63) is 47.7 Å². The summed E-state index contributed by atoms with van der Waals surface area (Å²) in [5.74, 6) is 0.184. The minimum absolute atomic E-state index is 0.0430. The number of amides is 2. The van der Waals surface area contributed by atoms with Crippen molar-refractivity contribution in [3.8, 4) is 0 Å². The monoisotopic (exact) mass is 414 g/mol. The summed E-state index contributed by atoms with van der Waals surface area (Å²) in [5.41, 5.74) is 1.23. The predicted molar refractivity (Wildman–Crippen MR) is 113 cm³/mol. The van der Waals surface area contributed by atoms with Crippen molar-refractivity contribution in [2.24, 2.45) is 0 Å². The largest absolute Gasteiger partial charge is 0.444 e. The van der Waals surface area contributed by atoms with Crippen LogP contribution in [-0.2, 0) is 9.53 Å². The molecule has 2 N–H and O–H groups in total. The van der Waals surface area contributed by atoms with Gasteiger partial charge >= 0.3 is 6.09 Å². The van der Waals surface area contributed by atoms with Gasteiger partial charge in [-0.15, -0.1) is 0 Å². The molecule has 1 aromatic heterocycles. The normalized spacial score (nSPS) is 20.6. The number of nitrogens with zero attached hydrogens (tertiary/aromatic N) is 2. The van der Waals surface area contributed by atoms with Crippen molar-refractivity contribution in [1.29, 1.82) is 0 Å². The molecule has 8 nitrogen and oxygen atoms in total. The molecule has 1 aromatic carbocycles. The molecular weight excluding hydrogens is 384 g/mol. The number of carbonyl (C=O) groups excluding carboxylic acids is 2. The molecule has 162 valence electrons. The van der Waals surface area contributed by atoms with Crippen molar-refractivity contribution >= 4 is 17.9 Å². The van der Waals surface area contributed by atoms with Crippen LogP contribution in [0.4, 0.5) is 10.7 Å². The van der Waals surface area contributed by atoms with Crippen LogP contribution in [0.25, 0.3) is 0 Å². The quantitative estimate of drug-likeness (QED) is 0.779. The van der Waals surface area contributed by atoms with Gasteiger partial charge in [-0.3, -0.25) is 15.0 Å². The van der Waals surface area contributed by atoms with Gasteiger partial charge in [-0.2, -0.15) is 0 Å². The number of rotatable bonds is 5. The fraction of sp³-hybridized carbons (Fsp3) is 0.500. The molecule has 2 aromatic rings. The number of carbonyl (C=O) groups is 2. The maximum absolute atomic E-state index is 12.7. The third kappa shape index (κ3) is 5.60. The number of aromatic nitrogens is 1. The molecule has 2 heterocycles. The first-order valence-electron chi connectivity index (χ1n) is 10.1. The second kappa shape index (κ2) is 8.87. The van der Waals surface area contributed by atoms with Crippen LogP contribution in [0.15, 0.2) is 40.9 Å². The van der Waals surface area contributed by atoms with Gasteiger partial charge in [0.25, 0.3) is 0 Å². The minimum Gasteiger partial charge on any atom is -0.444 e. The Morgan fingerprint density at radius 2 is 1.93 bits per heavy atom. The van der Waals surface area contributed by atoms with Crippen LogP contribution >= 0.6 is 0 Å². The molecule has 0 bridgehead atoms. The van der Waals surface area contributed by atoms with Crippen LogP contribution < -0.4 is 10.6 Å². The number of hydrogen-bond donors (Lipinski definition) is 2. The zero-order valence-electron chi connectivity index (χ0n) is 18.1. The number of nitrogens with one attached hydrogen (secondary N) is 2. The van der Waals surface area contributed by atoms with E-state index < -0.39 is 17.7 Å². The van der Waals surface area contributed by atoms with Gasteiger partial charge in [0.15, 0.2) is 0 Å². The van der Waals surface area contributed by atoms with Gasteiger partial charge in [-0.25, -0.2) is 4.79 Å². The smallest absolute Gasteiger partial charge is 0.407 e. The first-order valence-corrected chi connectivity index (χ1v) is 10.1. The van der Waals surface area contributed by atoms with Crippen LogP contribution in [0.5, 0.6) is 0 Å². The lowest BCUT2D eigenvalue weighted by atomic mass is 9.94. The fourth-order valence-corrected chi connectivity index (χ4v) is 3.61. The third-order valence-electron chi connectivity index (χ3n) is 5.08. The van der Waals surface area contributed by atoms with Gasteiger partial charge < -0.3 is 14.6 Å². The summed E-state index contributed by atoms with van der Waals surface area (Å²) in [4.78, 5) is 27.2. The molecule has 3 rings (SSSR count). The zero-order valence-corrected chi connectivity index (χ0v) is 18.1. The molecule has 3 atom stereocenters. The summed E-state index contributed by atoms with van der Waals surface area (Å²) in [6, 6.07) is 11.1. The third-order valence-corrected chi connectivity index (χ3v) is 5.08. The summed E-state index contributed by atoms with van der Waals surface area (Å²) in [5, 5.41) is 9.54. The van der Waals surface area contributed by atoms with E-state index in [0.717, 1.165) is 5.56 Å². The fourth-order valence-electron chi connectivity index (χ4n) is 3.61. The highest BCUT2D eigenvalue weighted by Gasteiger charge is 2.39. The van der Waals surface area contributed by atoms with Gasteiger partial charge in [0.1, 0.15) is 5.60 Å². The first-order chi connectivity index (χ1) is 14.1. The van der Waals surface area contributed by atoms with Crippen molar-refractivity contribution in [3.63, 3.8) is 0 Å². The molecule has 2 amide bonds. The van der Waals surface area contributed by atoms with E-state index in [1.807, 2.05) is 58.0 Å². The molecule has 0 spiro atoms. The number of ether oxygens (including phenoxy) is 1. The van der Waals surface area contributed by atoms with Gasteiger partial charge in [-0.05, 0) is 40.2 Å². The molecule has 1 aliphatic rings. The highest BCUT2D eigenvalue weighted by Crippen LogP contribution is 2.29. The van der Waals surface area contributed by atoms with Crippen LogP contribution in [0.1, 0.15) is 44.9 Å². The lowest BCUT2D eigenvalue weighted by Crippen LogP contribution is -2.45. The Hall–Kier alpha value is -2.87. The summed E-state index contributed by atoms with van der Waals surface area (Å²) < 4.78 is 10.5. The topological polar surface area (TPSA) is 96.7 Å². The van der Waals surface area contributed by atoms with Crippen LogP contribution in [0, 0.1) is 6.92 Å². The second-order valence-corrected chi connectivity index (χ2v) is 8.72. The summed E-state index contributed by atoms with van der Waals surface area (Å²) in [7, 11) is 0. The number of likely N-dealkylation sites (tertiary alicyclic amines) is 1. The van der Waals surface area contributed by atoms with Gasteiger partial charge in [0, 0.05) is 25.1 Å². The van der Waals surface area contributed by atoms with E-state index in [1.165, 1.54) is 0 Å². The van der Waals surface area contributed by atoms with E-state index in [9.17, 15) is 9.59 Å². The highest BCUT2D eigenvalue weighted by atomic mass is 16.6. The molecule has 0 unspecified atom stereocenters. The Kier molecular flexibility index (Phi) is 6.45. The van der Waals surface area contributed by atoms with Crippen molar-refractivity contribution in [2.75, 3.05) is 18.4 Å². The summed E-state index contributed by atoms with van der Waals surface area (Å²) in [6.07, 6.45) is -0.454. The molecular formula is C22H30N4O4. The van der Waals surface area contributed by atoms with E-state index in [4.69, 9.17) is 9.26 Å². The van der Waals surface area contributed by atoms with E-state index in [-0.39, 0.29) is 17.9 Å². The second-order valence-electron chi connectivity index (χ2n) is 8.72. The maximum atomic E-state index is 12.7. The zero-order chi connectivity index (χ0) is 21.9. The van der Waals surface area contributed by atoms with Gasteiger partial charge in [-0.1, -0.05) is 35.5 Å². The average Bonchev–Trinajstić information content (AvgIpc) is 3.26. The predicted octanol–water partition coefficient (Wildman–Crippen LogP) is 3.30. The number of anilines is 1. The Labute approximate surface area is 176 Å². The Bertz CT molecular complexity index is 875. The number of benzene rings is 1. The standard InChI is InChI=1S/C22H30N4O4/c1-14-11-19(30-25-14)24-20(27)15(2)26-12-17(16-9-7-6-8-10-16)18(13-26)23-21(28)29-22(3,4)5/h6-11,15,17-18H,12-13H2,1-5H3,(H,23,28)(H,24,27)/t15-,17+,18-/m1/s1. The number of alkyl carbamates (subject to hydrolysis) is 1. The Morgan fingerprint density at radius 1 is 1.23 bits per heavy atom. The van der Waals surface area contributed by atoms with Gasteiger partial charge in [0.2, 0.25) is 11.8 Å². The molecule has 0 aliphatic carbocycles. The van der Waals surface area contributed by atoms with E-state index in [1.54, 1.807) is 13.0 Å². The van der Waals surface area contributed by atoms with Crippen LogP contribution in [0.3, 0.4) is 0 Å². The SMILES string of the molecule is Cc1cc(NC(=O)[C@@H](C)N2C[C@@H](NC(=O)OC(C)(C)C)[C@H](c3ccccc3)C2)on1. The molecule has 1 saturated heterocycles. The highest BCUT2D eigenvalue weighted by molar-refractivity contribution is 5.93. The summed E-state index contributed by atoms with van der Waals surface area (Å²) in [6.45, 7) is 10.3.